The molecule has 1 N–H and O–H groups in total. The van der Waals surface area contributed by atoms with Crippen LogP contribution < -0.4 is 5.32 Å². The molecule has 2 aromatic heterocycles. The number of nitrogens with zero attached hydrogens (tertiary/aromatic N) is 4. The summed E-state index contributed by atoms with van der Waals surface area (Å²) >= 11 is 3.37. The van der Waals surface area contributed by atoms with Crippen LogP contribution in [0.25, 0.3) is 0 Å². The maximum atomic E-state index is 12.7. The molecule has 148 valence electrons. The lowest BCUT2D eigenvalue weighted by Gasteiger charge is -2.18. The van der Waals surface area contributed by atoms with Crippen molar-refractivity contribution in [3.05, 3.63) is 70.2 Å². The fourth-order valence-electron chi connectivity index (χ4n) is 3.07. The molecule has 1 amide bonds. The Kier molecular flexibility index (Phi) is 6.67. The number of aromatic nitrogens is 4. The van der Waals surface area contributed by atoms with Crippen LogP contribution in [-0.4, -0.2) is 25.5 Å². The maximum absolute atomic E-state index is 12.7. The van der Waals surface area contributed by atoms with E-state index >= 15 is 0 Å². The smallest absolute Gasteiger partial charge is 0.272 e. The van der Waals surface area contributed by atoms with Crippen molar-refractivity contribution >= 4 is 21.8 Å². The first kappa shape index (κ1) is 20.3. The van der Waals surface area contributed by atoms with Crippen molar-refractivity contribution < 1.29 is 4.79 Å². The average Bonchev–Trinajstić information content (AvgIpc) is 3.34. The molecule has 0 saturated heterocycles. The van der Waals surface area contributed by atoms with Gasteiger partial charge in [0.05, 0.1) is 16.7 Å². The van der Waals surface area contributed by atoms with E-state index in [2.05, 4.69) is 76.5 Å². The van der Waals surface area contributed by atoms with Gasteiger partial charge in [0.2, 0.25) is 0 Å². The molecule has 1 aromatic carbocycles. The quantitative estimate of drug-likeness (QED) is 0.546. The highest BCUT2D eigenvalue weighted by Crippen LogP contribution is 2.23. The van der Waals surface area contributed by atoms with Crippen LogP contribution in [0.5, 0.6) is 0 Å². The predicted molar refractivity (Wildman–Crippen MR) is 113 cm³/mol. The van der Waals surface area contributed by atoms with Gasteiger partial charge in [-0.3, -0.25) is 9.48 Å². The summed E-state index contributed by atoms with van der Waals surface area (Å²) < 4.78 is 4.34. The van der Waals surface area contributed by atoms with Gasteiger partial charge < -0.3 is 5.32 Å². The molecule has 0 radical (unpaired) electrons. The number of hydrogen-bond donors (Lipinski definition) is 1. The van der Waals surface area contributed by atoms with E-state index < -0.39 is 0 Å². The number of carbonyl (C=O) groups excluding carboxylic acids is 1. The summed E-state index contributed by atoms with van der Waals surface area (Å²) in [5.41, 5.74) is 2.85. The summed E-state index contributed by atoms with van der Waals surface area (Å²) in [6.45, 7) is 6.94. The summed E-state index contributed by atoms with van der Waals surface area (Å²) in [6, 6.07) is 10.2. The average molecular weight is 444 g/mol. The molecule has 0 bridgehead atoms. The fourth-order valence-corrected chi connectivity index (χ4v) is 3.40. The second-order valence-electron chi connectivity index (χ2n) is 6.99. The predicted octanol–water partition coefficient (Wildman–Crippen LogP) is 4.74. The number of carbonyl (C=O) groups is 1. The van der Waals surface area contributed by atoms with Crippen LogP contribution in [0.4, 0.5) is 0 Å². The van der Waals surface area contributed by atoms with Crippen LogP contribution in [0.15, 0.2) is 53.4 Å². The zero-order valence-corrected chi connectivity index (χ0v) is 18.1. The number of hydrogen-bond acceptors (Lipinski definition) is 3. The van der Waals surface area contributed by atoms with Gasteiger partial charge in [-0.15, -0.1) is 0 Å². The molecule has 2 unspecified atom stereocenters. The van der Waals surface area contributed by atoms with Crippen LogP contribution in [0.2, 0.25) is 0 Å². The minimum Gasteiger partial charge on any atom is -0.344 e. The Morgan fingerprint density at radius 3 is 2.43 bits per heavy atom. The highest BCUT2D eigenvalue weighted by molar-refractivity contribution is 9.10. The highest BCUT2D eigenvalue weighted by Gasteiger charge is 2.16. The van der Waals surface area contributed by atoms with E-state index in [4.69, 9.17) is 0 Å². The molecule has 0 saturated carbocycles. The molecule has 3 rings (SSSR count). The van der Waals surface area contributed by atoms with Crippen molar-refractivity contribution in [2.45, 2.75) is 52.2 Å². The lowest BCUT2D eigenvalue weighted by Crippen LogP contribution is -2.28. The van der Waals surface area contributed by atoms with E-state index in [1.807, 2.05) is 6.20 Å². The Morgan fingerprint density at radius 2 is 1.82 bits per heavy atom. The molecule has 2 atom stereocenters. The molecule has 7 heteroatoms. The van der Waals surface area contributed by atoms with Gasteiger partial charge in [-0.05, 0) is 51.9 Å². The molecule has 0 fully saturated rings. The van der Waals surface area contributed by atoms with Crippen molar-refractivity contribution in [2.75, 3.05) is 0 Å². The Labute approximate surface area is 174 Å². The molecule has 0 aliphatic carbocycles. The van der Waals surface area contributed by atoms with Gasteiger partial charge in [0.25, 0.3) is 5.91 Å². The van der Waals surface area contributed by atoms with Crippen molar-refractivity contribution in [1.29, 1.82) is 0 Å². The minimum atomic E-state index is -0.168. The van der Waals surface area contributed by atoms with Crippen molar-refractivity contribution in [2.24, 2.45) is 0 Å². The summed E-state index contributed by atoms with van der Waals surface area (Å²) in [5.74, 6) is 0.376. The van der Waals surface area contributed by atoms with Crippen LogP contribution in [-0.2, 0) is 6.67 Å². The van der Waals surface area contributed by atoms with E-state index in [1.54, 1.807) is 27.8 Å². The molecular formula is C21H26BrN5O. The minimum absolute atomic E-state index is 0.0364. The summed E-state index contributed by atoms with van der Waals surface area (Å²) in [6.07, 6.45) is 7.29. The van der Waals surface area contributed by atoms with E-state index in [1.165, 1.54) is 5.56 Å². The van der Waals surface area contributed by atoms with E-state index in [9.17, 15) is 4.79 Å². The number of amides is 1. The van der Waals surface area contributed by atoms with E-state index in [0.29, 0.717) is 18.3 Å². The monoisotopic (exact) mass is 443 g/mol. The third-order valence-corrected chi connectivity index (χ3v) is 5.41. The molecule has 6 nitrogen and oxygen atoms in total. The zero-order valence-electron chi connectivity index (χ0n) is 16.5. The first-order valence-electron chi connectivity index (χ1n) is 9.62. The number of rotatable bonds is 8. The van der Waals surface area contributed by atoms with Crippen LogP contribution in [0.3, 0.4) is 0 Å². The lowest BCUT2D eigenvalue weighted by molar-refractivity contribution is 0.0929. The van der Waals surface area contributed by atoms with Gasteiger partial charge in [-0.25, -0.2) is 4.68 Å². The number of nitrogens with one attached hydrogen (secondary N) is 1. The van der Waals surface area contributed by atoms with E-state index in [0.717, 1.165) is 22.9 Å². The third kappa shape index (κ3) is 4.90. The number of halogens is 1. The molecule has 0 aliphatic rings. The van der Waals surface area contributed by atoms with Gasteiger partial charge >= 0.3 is 0 Å². The molecule has 2 heterocycles. The van der Waals surface area contributed by atoms with Crippen molar-refractivity contribution in [1.82, 2.24) is 24.9 Å². The van der Waals surface area contributed by atoms with Crippen LogP contribution in [0.1, 0.15) is 67.2 Å². The Hall–Kier alpha value is -2.41. The normalized spacial score (nSPS) is 13.3. The summed E-state index contributed by atoms with van der Waals surface area (Å²) in [7, 11) is 0. The van der Waals surface area contributed by atoms with Gasteiger partial charge in [0.1, 0.15) is 12.4 Å². The van der Waals surface area contributed by atoms with Gasteiger partial charge in [-0.2, -0.15) is 10.2 Å². The number of benzene rings is 1. The second-order valence-corrected chi connectivity index (χ2v) is 7.91. The Bertz CT molecular complexity index is 915. The molecule has 0 aliphatic heterocycles. The topological polar surface area (TPSA) is 64.7 Å². The van der Waals surface area contributed by atoms with Crippen LogP contribution >= 0.6 is 15.9 Å². The van der Waals surface area contributed by atoms with Gasteiger partial charge in [-0.1, -0.05) is 45.0 Å². The maximum Gasteiger partial charge on any atom is 0.272 e. The van der Waals surface area contributed by atoms with Crippen LogP contribution in [0, 0.1) is 0 Å². The first-order chi connectivity index (χ1) is 13.5. The van der Waals surface area contributed by atoms with Gasteiger partial charge in [0, 0.05) is 12.4 Å². The van der Waals surface area contributed by atoms with Crippen molar-refractivity contribution in [3.8, 4) is 0 Å². The zero-order chi connectivity index (χ0) is 20.1. The SMILES string of the molecule is CCC(C)c1ccc(C(CC)NC(=O)c2ccn(Cn3cc(Br)cn3)n2)cc1. The Balaban J connectivity index is 1.65. The van der Waals surface area contributed by atoms with E-state index in [-0.39, 0.29) is 11.9 Å². The fraction of sp³-hybridized carbons (Fsp3) is 0.381. The molecule has 3 aromatic rings. The third-order valence-electron chi connectivity index (χ3n) is 5.00. The van der Waals surface area contributed by atoms with Crippen molar-refractivity contribution in [3.63, 3.8) is 0 Å². The second kappa shape index (κ2) is 9.19. The summed E-state index contributed by atoms with van der Waals surface area (Å²) in [4.78, 5) is 12.7. The molecule has 28 heavy (non-hydrogen) atoms. The lowest BCUT2D eigenvalue weighted by atomic mass is 9.95. The largest absolute Gasteiger partial charge is 0.344 e. The highest BCUT2D eigenvalue weighted by atomic mass is 79.9. The van der Waals surface area contributed by atoms with Gasteiger partial charge in [0.15, 0.2) is 0 Å². The summed E-state index contributed by atoms with van der Waals surface area (Å²) in [5, 5.41) is 11.7. The molecule has 0 spiro atoms. The molecular weight excluding hydrogens is 418 g/mol. The Morgan fingerprint density at radius 1 is 1.11 bits per heavy atom. The first-order valence-corrected chi connectivity index (χ1v) is 10.4. The standard InChI is InChI=1S/C21H26BrN5O/c1-4-15(3)16-6-8-17(9-7-16)19(5-2)24-21(28)20-10-11-26(25-20)14-27-13-18(22)12-23-27/h6-13,15,19H,4-5,14H2,1-3H3,(H,24,28).